The molecule has 1 aromatic rings. The molecule has 1 N–H and O–H groups in total. The van der Waals surface area contributed by atoms with Crippen molar-refractivity contribution >= 4 is 11.8 Å². The number of aliphatic hydroxyl groups is 1. The van der Waals surface area contributed by atoms with E-state index < -0.39 is 0 Å². The lowest BCUT2D eigenvalue weighted by Gasteiger charge is -2.19. The van der Waals surface area contributed by atoms with E-state index in [0.717, 1.165) is 12.0 Å². The molecule has 1 aromatic carbocycles. The smallest absolute Gasteiger partial charge is 0.0798 e. The predicted octanol–water partition coefficient (Wildman–Crippen LogP) is 4.27. The van der Waals surface area contributed by atoms with Gasteiger partial charge in [-0.3, -0.25) is 0 Å². The molecule has 1 unspecified atom stereocenters. The molecule has 1 rings (SSSR count). The van der Waals surface area contributed by atoms with E-state index in [1.165, 1.54) is 4.90 Å². The van der Waals surface area contributed by atoms with E-state index in [1.807, 2.05) is 36.9 Å². The Morgan fingerprint density at radius 2 is 1.81 bits per heavy atom. The Hall–Kier alpha value is -0.470. The van der Waals surface area contributed by atoms with Crippen LogP contribution in [0.2, 0.25) is 0 Å². The standard InChI is InChI=1S/C14H22OS/c1-5-13(15)12-8-6-7-9-14(12)16-11(4)10(2)3/h6-11,13,15H,5H2,1-4H3/t11?,13-/m1/s1. The molecule has 0 saturated heterocycles. The van der Waals surface area contributed by atoms with Crippen molar-refractivity contribution in [2.75, 3.05) is 0 Å². The maximum Gasteiger partial charge on any atom is 0.0798 e. The molecule has 0 spiro atoms. The Morgan fingerprint density at radius 3 is 2.38 bits per heavy atom. The van der Waals surface area contributed by atoms with Crippen molar-refractivity contribution in [2.24, 2.45) is 5.92 Å². The van der Waals surface area contributed by atoms with Crippen molar-refractivity contribution < 1.29 is 5.11 Å². The minimum Gasteiger partial charge on any atom is -0.388 e. The first-order valence-corrected chi connectivity index (χ1v) is 6.87. The summed E-state index contributed by atoms with van der Waals surface area (Å²) < 4.78 is 0. The molecule has 0 fully saturated rings. The van der Waals surface area contributed by atoms with Gasteiger partial charge in [0.05, 0.1) is 6.10 Å². The monoisotopic (exact) mass is 238 g/mol. The largest absolute Gasteiger partial charge is 0.388 e. The van der Waals surface area contributed by atoms with Crippen LogP contribution in [0.25, 0.3) is 0 Å². The van der Waals surface area contributed by atoms with Crippen molar-refractivity contribution in [1.82, 2.24) is 0 Å². The van der Waals surface area contributed by atoms with E-state index in [4.69, 9.17) is 0 Å². The molecule has 0 aromatic heterocycles. The van der Waals surface area contributed by atoms with Crippen LogP contribution in [0.1, 0.15) is 45.8 Å². The zero-order chi connectivity index (χ0) is 12.1. The van der Waals surface area contributed by atoms with E-state index in [2.05, 4.69) is 26.8 Å². The third-order valence-electron chi connectivity index (χ3n) is 2.92. The molecule has 0 bridgehead atoms. The number of aliphatic hydroxyl groups excluding tert-OH is 1. The van der Waals surface area contributed by atoms with Crippen LogP contribution in [0, 0.1) is 5.92 Å². The maximum absolute atomic E-state index is 9.95. The Balaban J connectivity index is 2.86. The van der Waals surface area contributed by atoms with Gasteiger partial charge in [0.25, 0.3) is 0 Å². The number of hydrogen-bond acceptors (Lipinski definition) is 2. The molecule has 2 heteroatoms. The fourth-order valence-electron chi connectivity index (χ4n) is 1.42. The molecular formula is C14H22OS. The summed E-state index contributed by atoms with van der Waals surface area (Å²) in [5, 5.41) is 10.5. The van der Waals surface area contributed by atoms with E-state index in [-0.39, 0.29) is 6.10 Å². The summed E-state index contributed by atoms with van der Waals surface area (Å²) in [5.74, 6) is 0.650. The van der Waals surface area contributed by atoms with Gasteiger partial charge < -0.3 is 5.11 Å². The second-order valence-electron chi connectivity index (χ2n) is 4.53. The normalized spacial score (nSPS) is 15.1. The van der Waals surface area contributed by atoms with Gasteiger partial charge in [0, 0.05) is 10.1 Å². The lowest BCUT2D eigenvalue weighted by Crippen LogP contribution is -2.07. The van der Waals surface area contributed by atoms with Crippen molar-refractivity contribution in [3.63, 3.8) is 0 Å². The van der Waals surface area contributed by atoms with Crippen LogP contribution in [-0.2, 0) is 0 Å². The quantitative estimate of drug-likeness (QED) is 0.773. The highest BCUT2D eigenvalue weighted by Crippen LogP contribution is 2.33. The van der Waals surface area contributed by atoms with Gasteiger partial charge in [0.15, 0.2) is 0 Å². The fourth-order valence-corrected chi connectivity index (χ4v) is 2.59. The summed E-state index contributed by atoms with van der Waals surface area (Å²) in [5.41, 5.74) is 1.07. The molecule has 0 saturated carbocycles. The Morgan fingerprint density at radius 1 is 1.19 bits per heavy atom. The van der Waals surface area contributed by atoms with Gasteiger partial charge in [-0.05, 0) is 24.0 Å². The minimum atomic E-state index is -0.330. The first kappa shape index (κ1) is 13.6. The van der Waals surface area contributed by atoms with Crippen molar-refractivity contribution in [1.29, 1.82) is 0 Å². The van der Waals surface area contributed by atoms with Crippen molar-refractivity contribution in [3.8, 4) is 0 Å². The highest BCUT2D eigenvalue weighted by molar-refractivity contribution is 8.00. The molecule has 2 atom stereocenters. The molecular weight excluding hydrogens is 216 g/mol. The van der Waals surface area contributed by atoms with Gasteiger partial charge in [0.2, 0.25) is 0 Å². The first-order chi connectivity index (χ1) is 7.56. The molecule has 0 aliphatic carbocycles. The molecule has 0 radical (unpaired) electrons. The van der Waals surface area contributed by atoms with Gasteiger partial charge in [-0.2, -0.15) is 0 Å². The molecule has 1 nitrogen and oxygen atoms in total. The summed E-state index contributed by atoms with van der Waals surface area (Å²) >= 11 is 1.86. The van der Waals surface area contributed by atoms with E-state index in [1.54, 1.807) is 0 Å². The van der Waals surface area contributed by atoms with Crippen LogP contribution in [0.15, 0.2) is 29.2 Å². The van der Waals surface area contributed by atoms with Gasteiger partial charge in [0.1, 0.15) is 0 Å². The van der Waals surface area contributed by atoms with Crippen LogP contribution < -0.4 is 0 Å². The van der Waals surface area contributed by atoms with E-state index in [9.17, 15) is 5.11 Å². The average molecular weight is 238 g/mol. The highest BCUT2D eigenvalue weighted by atomic mass is 32.2. The topological polar surface area (TPSA) is 20.2 Å². The Kier molecular flexibility index (Phi) is 5.36. The lowest BCUT2D eigenvalue weighted by molar-refractivity contribution is 0.171. The molecule has 0 aliphatic heterocycles. The van der Waals surface area contributed by atoms with Gasteiger partial charge in [-0.25, -0.2) is 0 Å². The molecule has 0 aliphatic rings. The zero-order valence-electron chi connectivity index (χ0n) is 10.6. The number of hydrogen-bond donors (Lipinski definition) is 1. The third-order valence-corrected chi connectivity index (χ3v) is 4.46. The SMILES string of the molecule is CC[C@@H](O)c1ccccc1SC(C)C(C)C. The molecule has 0 heterocycles. The number of thioether (sulfide) groups is 1. The summed E-state index contributed by atoms with van der Waals surface area (Å²) in [6, 6.07) is 8.18. The van der Waals surface area contributed by atoms with Gasteiger partial charge in [-0.1, -0.05) is 45.9 Å². The predicted molar refractivity (Wildman–Crippen MR) is 71.8 cm³/mol. The Labute approximate surface area is 103 Å². The highest BCUT2D eigenvalue weighted by Gasteiger charge is 2.14. The van der Waals surface area contributed by atoms with E-state index >= 15 is 0 Å². The minimum absolute atomic E-state index is 0.330. The van der Waals surface area contributed by atoms with Crippen molar-refractivity contribution in [3.05, 3.63) is 29.8 Å². The first-order valence-electron chi connectivity index (χ1n) is 5.99. The van der Waals surface area contributed by atoms with Crippen LogP contribution in [0.4, 0.5) is 0 Å². The number of rotatable bonds is 5. The molecule has 90 valence electrons. The molecule has 16 heavy (non-hydrogen) atoms. The molecule has 0 amide bonds. The maximum atomic E-state index is 9.95. The number of benzene rings is 1. The van der Waals surface area contributed by atoms with Crippen LogP contribution in [0.5, 0.6) is 0 Å². The zero-order valence-corrected chi connectivity index (χ0v) is 11.4. The Bertz CT molecular complexity index is 322. The second-order valence-corrected chi connectivity index (χ2v) is 5.95. The van der Waals surface area contributed by atoms with Gasteiger partial charge in [-0.15, -0.1) is 11.8 Å². The van der Waals surface area contributed by atoms with Crippen LogP contribution >= 0.6 is 11.8 Å². The lowest BCUT2D eigenvalue weighted by atomic mass is 10.1. The summed E-state index contributed by atoms with van der Waals surface area (Å²) in [4.78, 5) is 1.22. The average Bonchev–Trinajstić information content (AvgIpc) is 2.28. The third kappa shape index (κ3) is 3.53. The summed E-state index contributed by atoms with van der Waals surface area (Å²) in [6.07, 6.45) is 0.441. The van der Waals surface area contributed by atoms with E-state index in [0.29, 0.717) is 11.2 Å². The fraction of sp³-hybridized carbons (Fsp3) is 0.571. The van der Waals surface area contributed by atoms with Crippen LogP contribution in [-0.4, -0.2) is 10.4 Å². The summed E-state index contributed by atoms with van der Waals surface area (Å²) in [7, 11) is 0. The van der Waals surface area contributed by atoms with Crippen molar-refractivity contribution in [2.45, 2.75) is 50.4 Å². The van der Waals surface area contributed by atoms with Gasteiger partial charge >= 0.3 is 0 Å². The second kappa shape index (κ2) is 6.31. The summed E-state index contributed by atoms with van der Waals surface area (Å²) in [6.45, 7) is 8.72. The van der Waals surface area contributed by atoms with Crippen LogP contribution in [0.3, 0.4) is 0 Å².